The number of hydrogen-bond donors (Lipinski definition) is 1. The van der Waals surface area contributed by atoms with Crippen LogP contribution in [0.5, 0.6) is 0 Å². The molecule has 1 aliphatic rings. The van der Waals surface area contributed by atoms with Gasteiger partial charge in [0.25, 0.3) is 0 Å². The van der Waals surface area contributed by atoms with E-state index in [1.165, 1.54) is 8.61 Å². The molecule has 1 N–H and O–H groups in total. The number of fused-ring (bicyclic) bond motifs is 1. The summed E-state index contributed by atoms with van der Waals surface area (Å²) >= 11 is 6.04. The number of anilines is 3. The summed E-state index contributed by atoms with van der Waals surface area (Å²) in [4.78, 5) is 0. The molecule has 0 aromatic heterocycles. The summed E-state index contributed by atoms with van der Waals surface area (Å²) in [6, 6.07) is 14.2. The molecule has 5 nitrogen and oxygen atoms in total. The minimum atomic E-state index is -3.66. The molecule has 2 aromatic carbocycles. The lowest BCUT2D eigenvalue weighted by atomic mass is 10.2. The molecule has 0 fully saturated rings. The Bertz CT molecular complexity index is 810. The van der Waals surface area contributed by atoms with Crippen LogP contribution in [0.2, 0.25) is 5.02 Å². The van der Waals surface area contributed by atoms with E-state index in [0.717, 1.165) is 13.0 Å². The van der Waals surface area contributed by atoms with Gasteiger partial charge in [-0.05, 0) is 50.3 Å². The van der Waals surface area contributed by atoms with Crippen LogP contribution in [0.15, 0.2) is 48.5 Å². The topological polar surface area (TPSA) is 52.6 Å². The Kier molecular flexibility index (Phi) is 4.48. The molecule has 3 rings (SSSR count). The minimum Gasteiger partial charge on any atom is -0.320 e. The first-order valence-electron chi connectivity index (χ1n) is 7.38. The molecule has 0 aliphatic carbocycles. The van der Waals surface area contributed by atoms with Crippen LogP contribution < -0.4 is 13.9 Å². The zero-order valence-electron chi connectivity index (χ0n) is 12.7. The van der Waals surface area contributed by atoms with E-state index in [4.69, 9.17) is 11.6 Å². The van der Waals surface area contributed by atoms with Gasteiger partial charge in [0.05, 0.1) is 17.1 Å². The van der Waals surface area contributed by atoms with Gasteiger partial charge in [-0.15, -0.1) is 0 Å². The Morgan fingerprint density at radius 1 is 1.09 bits per heavy atom. The summed E-state index contributed by atoms with van der Waals surface area (Å²) in [5, 5.41) is 3.54. The third-order valence-electron chi connectivity index (χ3n) is 3.71. The SMILES string of the molecule is CNCCCN1c2ccccc2N(c2cccc(Cl)c2)S1(=O)=O. The highest BCUT2D eigenvalue weighted by Crippen LogP contribution is 2.45. The molecule has 23 heavy (non-hydrogen) atoms. The lowest BCUT2D eigenvalue weighted by Crippen LogP contribution is -2.36. The maximum Gasteiger partial charge on any atom is 0.330 e. The van der Waals surface area contributed by atoms with Gasteiger partial charge in [-0.2, -0.15) is 8.42 Å². The first kappa shape index (κ1) is 16.1. The van der Waals surface area contributed by atoms with Crippen LogP contribution in [0.4, 0.5) is 17.1 Å². The van der Waals surface area contributed by atoms with E-state index >= 15 is 0 Å². The van der Waals surface area contributed by atoms with Gasteiger partial charge >= 0.3 is 10.2 Å². The van der Waals surface area contributed by atoms with Crippen molar-refractivity contribution in [3.63, 3.8) is 0 Å². The quantitative estimate of drug-likeness (QED) is 0.842. The van der Waals surface area contributed by atoms with Crippen LogP contribution in [0.1, 0.15) is 6.42 Å². The molecule has 0 unspecified atom stereocenters. The van der Waals surface area contributed by atoms with E-state index in [0.29, 0.717) is 28.6 Å². The molecule has 0 saturated carbocycles. The van der Waals surface area contributed by atoms with Crippen LogP contribution in [0.3, 0.4) is 0 Å². The molecule has 0 bridgehead atoms. The Balaban J connectivity index is 2.07. The average molecular weight is 352 g/mol. The number of nitrogens with zero attached hydrogens (tertiary/aromatic N) is 2. The lowest BCUT2D eigenvalue weighted by molar-refractivity contribution is 0.591. The molecule has 0 spiro atoms. The molecule has 0 saturated heterocycles. The lowest BCUT2D eigenvalue weighted by Gasteiger charge is -2.22. The maximum atomic E-state index is 13.0. The fraction of sp³-hybridized carbons (Fsp3) is 0.250. The third kappa shape index (κ3) is 2.89. The molecule has 7 heteroatoms. The summed E-state index contributed by atoms with van der Waals surface area (Å²) in [7, 11) is -1.81. The third-order valence-corrected chi connectivity index (χ3v) is 5.75. The van der Waals surface area contributed by atoms with Crippen molar-refractivity contribution in [2.75, 3.05) is 28.7 Å². The first-order chi connectivity index (χ1) is 11.1. The Labute approximate surface area is 141 Å². The van der Waals surface area contributed by atoms with Crippen molar-refractivity contribution in [3.8, 4) is 0 Å². The van der Waals surface area contributed by atoms with E-state index in [1.54, 1.807) is 24.3 Å². The molecule has 122 valence electrons. The maximum absolute atomic E-state index is 13.0. The van der Waals surface area contributed by atoms with E-state index in [2.05, 4.69) is 5.32 Å². The predicted octanol–water partition coefficient (Wildman–Crippen LogP) is 3.15. The van der Waals surface area contributed by atoms with Crippen molar-refractivity contribution in [3.05, 3.63) is 53.6 Å². The molecule has 0 atom stereocenters. The normalized spacial score (nSPS) is 15.7. The van der Waals surface area contributed by atoms with Crippen molar-refractivity contribution < 1.29 is 8.42 Å². The number of hydrogen-bond acceptors (Lipinski definition) is 3. The zero-order chi connectivity index (χ0) is 16.4. The van der Waals surface area contributed by atoms with Gasteiger partial charge in [0.1, 0.15) is 0 Å². The summed E-state index contributed by atoms with van der Waals surface area (Å²) in [6.45, 7) is 1.18. The monoisotopic (exact) mass is 351 g/mol. The van der Waals surface area contributed by atoms with Crippen LogP contribution in [-0.2, 0) is 10.2 Å². The first-order valence-corrected chi connectivity index (χ1v) is 9.15. The van der Waals surface area contributed by atoms with E-state index in [-0.39, 0.29) is 0 Å². The van der Waals surface area contributed by atoms with Crippen molar-refractivity contribution in [1.82, 2.24) is 5.32 Å². The van der Waals surface area contributed by atoms with Gasteiger partial charge < -0.3 is 5.32 Å². The van der Waals surface area contributed by atoms with Gasteiger partial charge in [-0.1, -0.05) is 29.8 Å². The van der Waals surface area contributed by atoms with Gasteiger partial charge in [-0.25, -0.2) is 4.31 Å². The van der Waals surface area contributed by atoms with Crippen molar-refractivity contribution in [2.24, 2.45) is 0 Å². The van der Waals surface area contributed by atoms with E-state index in [9.17, 15) is 8.42 Å². The zero-order valence-corrected chi connectivity index (χ0v) is 14.3. The van der Waals surface area contributed by atoms with Gasteiger partial charge in [-0.3, -0.25) is 4.31 Å². The predicted molar refractivity (Wildman–Crippen MR) is 94.8 cm³/mol. The van der Waals surface area contributed by atoms with Gasteiger partial charge in [0, 0.05) is 11.6 Å². The minimum absolute atomic E-state index is 0.428. The largest absolute Gasteiger partial charge is 0.330 e. The highest BCUT2D eigenvalue weighted by molar-refractivity contribution is 7.95. The van der Waals surface area contributed by atoms with Crippen LogP contribution in [0.25, 0.3) is 0 Å². The highest BCUT2D eigenvalue weighted by Gasteiger charge is 2.40. The molecule has 1 aliphatic heterocycles. The Morgan fingerprint density at radius 3 is 2.52 bits per heavy atom. The van der Waals surface area contributed by atoms with Crippen molar-refractivity contribution in [1.29, 1.82) is 0 Å². The van der Waals surface area contributed by atoms with E-state index < -0.39 is 10.2 Å². The smallest absolute Gasteiger partial charge is 0.320 e. The molecule has 0 radical (unpaired) electrons. The summed E-state index contributed by atoms with van der Waals surface area (Å²) < 4.78 is 28.9. The molecule has 1 heterocycles. The Morgan fingerprint density at radius 2 is 1.83 bits per heavy atom. The van der Waals surface area contributed by atoms with Gasteiger partial charge in [0.2, 0.25) is 0 Å². The van der Waals surface area contributed by atoms with Gasteiger partial charge in [0.15, 0.2) is 0 Å². The molecular formula is C16H18ClN3O2S. The van der Waals surface area contributed by atoms with Crippen LogP contribution >= 0.6 is 11.6 Å². The Hall–Kier alpha value is -1.76. The second-order valence-electron chi connectivity index (χ2n) is 5.27. The number of halogens is 1. The summed E-state index contributed by atoms with van der Waals surface area (Å²) in [5.41, 5.74) is 1.89. The van der Waals surface area contributed by atoms with Crippen LogP contribution in [-0.4, -0.2) is 28.6 Å². The molecule has 2 aromatic rings. The fourth-order valence-electron chi connectivity index (χ4n) is 2.70. The summed E-state index contributed by atoms with van der Waals surface area (Å²) in [5.74, 6) is 0. The highest BCUT2D eigenvalue weighted by atomic mass is 35.5. The average Bonchev–Trinajstić information content (AvgIpc) is 2.74. The van der Waals surface area contributed by atoms with Crippen molar-refractivity contribution in [2.45, 2.75) is 6.42 Å². The molecular weight excluding hydrogens is 334 g/mol. The number of rotatable bonds is 5. The molecule has 0 amide bonds. The number of para-hydroxylation sites is 2. The van der Waals surface area contributed by atoms with E-state index in [1.807, 2.05) is 31.3 Å². The fourth-order valence-corrected chi connectivity index (χ4v) is 4.63. The second kappa shape index (κ2) is 6.39. The summed E-state index contributed by atoms with van der Waals surface area (Å²) in [6.07, 6.45) is 0.730. The second-order valence-corrected chi connectivity index (χ2v) is 7.41. The van der Waals surface area contributed by atoms with Crippen LogP contribution in [0, 0.1) is 0 Å². The van der Waals surface area contributed by atoms with Crippen molar-refractivity contribution >= 4 is 38.9 Å². The number of benzene rings is 2. The number of nitrogens with one attached hydrogen (secondary N) is 1. The standard InChI is InChI=1S/C16H18ClN3O2S/c1-18-10-5-11-19-15-8-2-3-9-16(15)20(23(19,21)22)14-7-4-6-13(17)12-14/h2-4,6-9,12,18H,5,10-11H2,1H3.